The molecule has 134 valence electrons. The number of hydrogen-bond donors (Lipinski definition) is 2. The summed E-state index contributed by atoms with van der Waals surface area (Å²) in [5, 5.41) is 18.3. The van der Waals surface area contributed by atoms with Crippen LogP contribution >= 0.6 is 0 Å². The van der Waals surface area contributed by atoms with Crippen molar-refractivity contribution in [2.75, 3.05) is 6.54 Å². The van der Waals surface area contributed by atoms with Crippen LogP contribution in [0.1, 0.15) is 47.3 Å². The minimum absolute atomic E-state index is 0.0286. The van der Waals surface area contributed by atoms with Crippen LogP contribution < -0.4 is 5.32 Å². The summed E-state index contributed by atoms with van der Waals surface area (Å²) in [7, 11) is 1.92. The number of carbonyl (C=O) groups is 1. The number of aryl methyl sites for hydroxylation is 3. The van der Waals surface area contributed by atoms with Gasteiger partial charge in [-0.05, 0) is 56.2 Å². The van der Waals surface area contributed by atoms with Gasteiger partial charge in [-0.15, -0.1) is 0 Å². The molecule has 3 rings (SSSR count). The molecular formula is C20H27N3O2. The molecule has 1 aliphatic carbocycles. The van der Waals surface area contributed by atoms with E-state index < -0.39 is 5.60 Å². The fourth-order valence-electron chi connectivity index (χ4n) is 3.83. The van der Waals surface area contributed by atoms with Gasteiger partial charge in [0.1, 0.15) is 5.60 Å². The number of hydrogen-bond acceptors (Lipinski definition) is 3. The Balaban J connectivity index is 1.59. The Morgan fingerprint density at radius 3 is 2.84 bits per heavy atom. The van der Waals surface area contributed by atoms with Crippen LogP contribution in [-0.2, 0) is 30.3 Å². The summed E-state index contributed by atoms with van der Waals surface area (Å²) in [4.78, 5) is 12.3. The minimum Gasteiger partial charge on any atom is -0.383 e. The summed E-state index contributed by atoms with van der Waals surface area (Å²) in [5.74, 6) is -0.0286. The zero-order valence-electron chi connectivity index (χ0n) is 15.3. The predicted molar refractivity (Wildman–Crippen MR) is 97.3 cm³/mol. The highest BCUT2D eigenvalue weighted by Gasteiger charge is 2.34. The third kappa shape index (κ3) is 3.61. The van der Waals surface area contributed by atoms with Gasteiger partial charge in [0.25, 0.3) is 0 Å². The molecule has 0 saturated heterocycles. The van der Waals surface area contributed by atoms with E-state index in [-0.39, 0.29) is 12.5 Å². The number of amides is 1. The lowest BCUT2D eigenvalue weighted by Gasteiger charge is -2.34. The van der Waals surface area contributed by atoms with Crippen molar-refractivity contribution in [3.8, 4) is 0 Å². The van der Waals surface area contributed by atoms with Crippen LogP contribution in [0.5, 0.6) is 0 Å². The molecule has 0 saturated carbocycles. The zero-order chi connectivity index (χ0) is 18.0. The Morgan fingerprint density at radius 1 is 1.36 bits per heavy atom. The third-order valence-electron chi connectivity index (χ3n) is 5.39. The van der Waals surface area contributed by atoms with E-state index in [1.807, 2.05) is 43.8 Å². The molecule has 0 fully saturated rings. The van der Waals surface area contributed by atoms with Crippen molar-refractivity contribution < 1.29 is 9.90 Å². The van der Waals surface area contributed by atoms with E-state index in [1.54, 1.807) is 0 Å². The molecule has 5 nitrogen and oxygen atoms in total. The minimum atomic E-state index is -0.954. The third-order valence-corrected chi connectivity index (χ3v) is 5.39. The van der Waals surface area contributed by atoms with E-state index in [1.165, 1.54) is 5.56 Å². The van der Waals surface area contributed by atoms with Crippen LogP contribution in [0.4, 0.5) is 0 Å². The Kier molecular flexibility index (Phi) is 4.95. The second-order valence-electron chi connectivity index (χ2n) is 7.09. The fourth-order valence-corrected chi connectivity index (χ4v) is 3.83. The molecule has 25 heavy (non-hydrogen) atoms. The lowest BCUT2D eigenvalue weighted by Crippen LogP contribution is -2.43. The van der Waals surface area contributed by atoms with Gasteiger partial charge >= 0.3 is 0 Å². The van der Waals surface area contributed by atoms with Crippen molar-refractivity contribution in [3.63, 3.8) is 0 Å². The van der Waals surface area contributed by atoms with Crippen molar-refractivity contribution in [2.24, 2.45) is 7.05 Å². The standard InChI is InChI=1S/C20H27N3O2/c1-14-17(15(2)23(3)22-14)10-11-19(24)21-13-20(25)12-6-8-16-7-4-5-9-18(16)20/h4-5,7,9,25H,6,8,10-13H2,1-3H3,(H,21,24)/t20-/m0/s1. The fraction of sp³-hybridized carbons (Fsp3) is 0.500. The smallest absolute Gasteiger partial charge is 0.220 e. The monoisotopic (exact) mass is 341 g/mol. The molecule has 0 bridgehead atoms. The van der Waals surface area contributed by atoms with Gasteiger partial charge in [-0.25, -0.2) is 0 Å². The number of carbonyl (C=O) groups excluding carboxylic acids is 1. The topological polar surface area (TPSA) is 67.2 Å². The average Bonchev–Trinajstić information content (AvgIpc) is 2.84. The summed E-state index contributed by atoms with van der Waals surface area (Å²) < 4.78 is 1.85. The van der Waals surface area contributed by atoms with Crippen LogP contribution in [-0.4, -0.2) is 27.3 Å². The molecule has 1 aliphatic rings. The molecule has 2 aromatic rings. The number of benzene rings is 1. The van der Waals surface area contributed by atoms with Gasteiger partial charge < -0.3 is 10.4 Å². The van der Waals surface area contributed by atoms with E-state index in [4.69, 9.17) is 0 Å². The first-order valence-electron chi connectivity index (χ1n) is 8.97. The lowest BCUT2D eigenvalue weighted by molar-refractivity contribution is -0.122. The second-order valence-corrected chi connectivity index (χ2v) is 7.09. The van der Waals surface area contributed by atoms with Crippen LogP contribution in [0.3, 0.4) is 0 Å². The summed E-state index contributed by atoms with van der Waals surface area (Å²) in [6.45, 7) is 4.27. The highest BCUT2D eigenvalue weighted by atomic mass is 16.3. The van der Waals surface area contributed by atoms with Crippen LogP contribution in [0, 0.1) is 13.8 Å². The summed E-state index contributed by atoms with van der Waals surface area (Å²) in [6.07, 6.45) is 3.70. The molecule has 0 aliphatic heterocycles. The first-order chi connectivity index (χ1) is 11.9. The number of aromatic nitrogens is 2. The quantitative estimate of drug-likeness (QED) is 0.877. The number of aliphatic hydroxyl groups is 1. The van der Waals surface area contributed by atoms with Crippen molar-refractivity contribution in [1.29, 1.82) is 0 Å². The molecule has 1 aromatic heterocycles. The van der Waals surface area contributed by atoms with E-state index >= 15 is 0 Å². The Bertz CT molecular complexity index is 781. The number of nitrogens with one attached hydrogen (secondary N) is 1. The Hall–Kier alpha value is -2.14. The number of nitrogens with zero attached hydrogens (tertiary/aromatic N) is 2. The highest BCUT2D eigenvalue weighted by Crippen LogP contribution is 2.34. The maximum Gasteiger partial charge on any atom is 0.220 e. The molecule has 1 aromatic carbocycles. The van der Waals surface area contributed by atoms with E-state index in [2.05, 4.69) is 16.5 Å². The van der Waals surface area contributed by atoms with E-state index in [0.29, 0.717) is 19.3 Å². The van der Waals surface area contributed by atoms with Gasteiger partial charge in [-0.1, -0.05) is 24.3 Å². The number of fused-ring (bicyclic) bond motifs is 1. The predicted octanol–water partition coefficient (Wildman–Crippen LogP) is 2.31. The van der Waals surface area contributed by atoms with Gasteiger partial charge in [-0.2, -0.15) is 5.10 Å². The largest absolute Gasteiger partial charge is 0.383 e. The molecule has 1 amide bonds. The average molecular weight is 341 g/mol. The lowest BCUT2D eigenvalue weighted by atomic mass is 9.79. The van der Waals surface area contributed by atoms with Crippen molar-refractivity contribution >= 4 is 5.91 Å². The molecule has 0 radical (unpaired) electrons. The van der Waals surface area contributed by atoms with Crippen molar-refractivity contribution in [3.05, 3.63) is 52.3 Å². The second kappa shape index (κ2) is 7.00. The van der Waals surface area contributed by atoms with Gasteiger partial charge in [-0.3, -0.25) is 9.48 Å². The summed E-state index contributed by atoms with van der Waals surface area (Å²) >= 11 is 0. The first kappa shape index (κ1) is 17.7. The molecule has 2 N–H and O–H groups in total. The zero-order valence-corrected chi connectivity index (χ0v) is 15.3. The molecule has 5 heteroatoms. The van der Waals surface area contributed by atoms with Crippen LogP contribution in [0.2, 0.25) is 0 Å². The SMILES string of the molecule is Cc1nn(C)c(C)c1CCC(=O)NC[C@@]1(O)CCCc2ccccc21. The number of rotatable bonds is 5. The van der Waals surface area contributed by atoms with E-state index in [9.17, 15) is 9.90 Å². The first-order valence-corrected chi connectivity index (χ1v) is 8.97. The normalized spacial score (nSPS) is 19.5. The summed E-state index contributed by atoms with van der Waals surface area (Å²) in [6, 6.07) is 7.99. The molecule has 0 unspecified atom stereocenters. The van der Waals surface area contributed by atoms with Gasteiger partial charge in [0.15, 0.2) is 0 Å². The maximum absolute atomic E-state index is 12.3. The van der Waals surface area contributed by atoms with Crippen LogP contribution in [0.15, 0.2) is 24.3 Å². The van der Waals surface area contributed by atoms with Gasteiger partial charge in [0.05, 0.1) is 12.2 Å². The van der Waals surface area contributed by atoms with Crippen molar-refractivity contribution in [2.45, 2.75) is 51.6 Å². The van der Waals surface area contributed by atoms with Gasteiger partial charge in [0.2, 0.25) is 5.91 Å². The van der Waals surface area contributed by atoms with Crippen molar-refractivity contribution in [1.82, 2.24) is 15.1 Å². The van der Waals surface area contributed by atoms with E-state index in [0.717, 1.165) is 35.4 Å². The molecule has 0 spiro atoms. The Morgan fingerprint density at radius 2 is 2.12 bits per heavy atom. The molecule has 1 heterocycles. The maximum atomic E-state index is 12.3. The highest BCUT2D eigenvalue weighted by molar-refractivity contribution is 5.76. The molecular weight excluding hydrogens is 314 g/mol. The Labute approximate surface area is 149 Å². The summed E-state index contributed by atoms with van der Waals surface area (Å²) in [5.41, 5.74) is 4.41. The van der Waals surface area contributed by atoms with Crippen LogP contribution in [0.25, 0.3) is 0 Å². The molecule has 1 atom stereocenters. The van der Waals surface area contributed by atoms with Gasteiger partial charge in [0, 0.05) is 19.2 Å².